The quantitative estimate of drug-likeness (QED) is 0.0211. The van der Waals surface area contributed by atoms with Crippen LogP contribution < -0.4 is 0 Å². The number of ether oxygens (including phenoxy) is 4. The van der Waals surface area contributed by atoms with Crippen molar-refractivity contribution in [3.8, 4) is 0 Å². The number of likely N-dealkylation sites (N-methyl/N-ethyl adjacent to an activating group) is 1. The number of carboxylic acids is 1. The van der Waals surface area contributed by atoms with Crippen LogP contribution in [0.3, 0.4) is 0 Å². The number of unbranched alkanes of at least 4 members (excludes halogenated alkanes) is 43. The summed E-state index contributed by atoms with van der Waals surface area (Å²) in [5, 5.41) is 9.79. The van der Waals surface area contributed by atoms with Crippen LogP contribution in [0.4, 0.5) is 0 Å². The Bertz CT molecular complexity index is 2170. The molecule has 0 aliphatic heterocycles. The van der Waals surface area contributed by atoms with Crippen LogP contribution in [0.5, 0.6) is 0 Å². The van der Waals surface area contributed by atoms with Gasteiger partial charge < -0.3 is 28.5 Å². The first-order valence-electron chi connectivity index (χ1n) is 43.3. The maximum absolute atomic E-state index is 13.0. The average molecular weight is 1440 g/mol. The van der Waals surface area contributed by atoms with E-state index in [1.165, 1.54) is 257 Å². The van der Waals surface area contributed by atoms with Crippen molar-refractivity contribution in [1.82, 2.24) is 0 Å². The summed E-state index contributed by atoms with van der Waals surface area (Å²) in [5.41, 5.74) is 0. The number of carbonyl (C=O) groups is 3. The lowest BCUT2D eigenvalue weighted by Crippen LogP contribution is -2.40. The number of quaternary nitrogens is 1. The molecule has 0 aromatic carbocycles. The standard InChI is InChI=1S/C94H163NO8/c1-6-8-10-12-14-16-18-20-22-24-26-28-30-32-34-36-38-40-42-44-45-46-47-49-51-53-55-57-59-61-63-65-67-69-71-73-75-77-79-81-83-85-92(97)103-90(89-102-94(93(98)99)100-87-86-95(3,4)5)88-101-91(96)84-82-80-78-76-74-72-70-68-66-64-62-60-58-56-54-52-50-48-43-41-39-37-35-33-31-29-27-25-23-21-19-17-15-13-11-9-7-2/h8,10,14,16,19-22,25-28,31-34,38,40,44-45,47,49,90,94H,6-7,9,11-13,15,17-18,23-24,29-30,35-37,39,41-43,46,48,50-89H2,1-5H3/p+1/b10-8-,16-14-,21-19-,22-20-,27-25-,28-26-,33-31-,34-32-,40-38-,45-44-,49-47-. The van der Waals surface area contributed by atoms with Gasteiger partial charge in [-0.2, -0.15) is 0 Å². The second-order valence-electron chi connectivity index (χ2n) is 30.1. The molecule has 0 heterocycles. The van der Waals surface area contributed by atoms with Gasteiger partial charge in [0.05, 0.1) is 34.4 Å². The minimum Gasteiger partial charge on any atom is -0.477 e. The molecule has 0 fully saturated rings. The second-order valence-corrected chi connectivity index (χ2v) is 30.1. The van der Waals surface area contributed by atoms with E-state index in [2.05, 4.69) is 148 Å². The number of esters is 2. The van der Waals surface area contributed by atoms with Crippen molar-refractivity contribution >= 4 is 17.9 Å². The topological polar surface area (TPSA) is 108 Å². The van der Waals surface area contributed by atoms with Crippen LogP contribution in [0.1, 0.15) is 386 Å². The molecule has 0 saturated carbocycles. The number of nitrogens with zero attached hydrogens (tertiary/aromatic N) is 1. The van der Waals surface area contributed by atoms with E-state index in [0.29, 0.717) is 17.4 Å². The van der Waals surface area contributed by atoms with Crippen molar-refractivity contribution in [3.05, 3.63) is 134 Å². The Balaban J connectivity index is 3.99. The first kappa shape index (κ1) is 98.4. The third kappa shape index (κ3) is 84.6. The number of aliphatic carboxylic acids is 1. The van der Waals surface area contributed by atoms with E-state index in [9.17, 15) is 19.5 Å². The Morgan fingerprint density at radius 1 is 0.301 bits per heavy atom. The van der Waals surface area contributed by atoms with Gasteiger partial charge in [0.1, 0.15) is 13.2 Å². The summed E-state index contributed by atoms with van der Waals surface area (Å²) >= 11 is 0. The summed E-state index contributed by atoms with van der Waals surface area (Å²) < 4.78 is 23.1. The number of rotatable bonds is 80. The Kier molecular flexibility index (Phi) is 79.4. The lowest BCUT2D eigenvalue weighted by molar-refractivity contribution is -0.870. The fourth-order valence-electron chi connectivity index (χ4n) is 12.3. The summed E-state index contributed by atoms with van der Waals surface area (Å²) in [7, 11) is 5.99. The zero-order chi connectivity index (χ0) is 74.6. The lowest BCUT2D eigenvalue weighted by Gasteiger charge is -2.25. The van der Waals surface area contributed by atoms with Crippen molar-refractivity contribution in [2.24, 2.45) is 0 Å². The van der Waals surface area contributed by atoms with Gasteiger partial charge in [-0.1, -0.05) is 392 Å². The molecule has 9 nitrogen and oxygen atoms in total. The molecule has 0 bridgehead atoms. The highest BCUT2D eigenvalue weighted by Gasteiger charge is 2.25. The molecule has 0 amide bonds. The molecule has 9 heteroatoms. The number of allylic oxidation sites excluding steroid dienone is 22. The van der Waals surface area contributed by atoms with Crippen LogP contribution in [-0.2, 0) is 33.3 Å². The Hall–Kier alpha value is -4.57. The van der Waals surface area contributed by atoms with E-state index >= 15 is 0 Å². The van der Waals surface area contributed by atoms with Crippen molar-refractivity contribution in [2.45, 2.75) is 399 Å². The number of hydrogen-bond donors (Lipinski definition) is 1. The van der Waals surface area contributed by atoms with Gasteiger partial charge in [-0.05, 0) is 116 Å². The van der Waals surface area contributed by atoms with Crippen molar-refractivity contribution in [1.29, 1.82) is 0 Å². The predicted octanol–water partition coefficient (Wildman–Crippen LogP) is 28.4. The van der Waals surface area contributed by atoms with Crippen LogP contribution >= 0.6 is 0 Å². The Morgan fingerprint density at radius 2 is 0.553 bits per heavy atom. The van der Waals surface area contributed by atoms with Gasteiger partial charge in [0.2, 0.25) is 0 Å². The molecule has 1 N–H and O–H groups in total. The molecular formula is C94H164NO8+. The minimum atomic E-state index is -1.52. The molecule has 0 saturated heterocycles. The van der Waals surface area contributed by atoms with E-state index < -0.39 is 24.3 Å². The number of hydrogen-bond acceptors (Lipinski definition) is 7. The van der Waals surface area contributed by atoms with Crippen LogP contribution in [-0.4, -0.2) is 87.4 Å². The largest absolute Gasteiger partial charge is 0.477 e. The average Bonchev–Trinajstić information content (AvgIpc) is 1.01. The van der Waals surface area contributed by atoms with Crippen molar-refractivity contribution in [3.63, 3.8) is 0 Å². The van der Waals surface area contributed by atoms with Crippen LogP contribution in [0, 0.1) is 0 Å². The van der Waals surface area contributed by atoms with E-state index in [-0.39, 0.29) is 32.2 Å². The van der Waals surface area contributed by atoms with Gasteiger partial charge in [-0.25, -0.2) is 4.79 Å². The third-order valence-electron chi connectivity index (χ3n) is 18.9. The Morgan fingerprint density at radius 3 is 0.825 bits per heavy atom. The highest BCUT2D eigenvalue weighted by Crippen LogP contribution is 2.19. The monoisotopic (exact) mass is 1440 g/mol. The molecule has 0 aromatic rings. The summed E-state index contributed by atoms with van der Waals surface area (Å²) in [6.07, 6.45) is 118. The van der Waals surface area contributed by atoms with Gasteiger partial charge in [0, 0.05) is 12.8 Å². The van der Waals surface area contributed by atoms with Gasteiger partial charge >= 0.3 is 17.9 Å². The van der Waals surface area contributed by atoms with Crippen molar-refractivity contribution < 1.29 is 42.9 Å². The molecule has 0 rings (SSSR count). The summed E-state index contributed by atoms with van der Waals surface area (Å²) in [5.74, 6) is -1.99. The molecule has 2 unspecified atom stereocenters. The fraction of sp³-hybridized carbons (Fsp3) is 0.734. The number of carbonyl (C=O) groups excluding carboxylic acids is 2. The first-order valence-corrected chi connectivity index (χ1v) is 43.3. The maximum atomic E-state index is 13.0. The molecule has 2 atom stereocenters. The van der Waals surface area contributed by atoms with Crippen LogP contribution in [0.2, 0.25) is 0 Å². The predicted molar refractivity (Wildman–Crippen MR) is 447 cm³/mol. The zero-order valence-electron chi connectivity index (χ0n) is 67.9. The third-order valence-corrected chi connectivity index (χ3v) is 18.9. The number of carboxylic acid groups (broad SMARTS) is 1. The second kappa shape index (κ2) is 83.1. The molecule has 103 heavy (non-hydrogen) atoms. The maximum Gasteiger partial charge on any atom is 0.361 e. The molecule has 0 aliphatic carbocycles. The van der Waals surface area contributed by atoms with E-state index in [1.54, 1.807) is 0 Å². The summed E-state index contributed by atoms with van der Waals surface area (Å²) in [6, 6.07) is 0. The zero-order valence-corrected chi connectivity index (χ0v) is 67.9. The van der Waals surface area contributed by atoms with Gasteiger partial charge in [0.15, 0.2) is 6.10 Å². The highest BCUT2D eigenvalue weighted by molar-refractivity contribution is 5.71. The molecular weight excluding hydrogens is 1270 g/mol. The Labute approximate surface area is 637 Å². The highest BCUT2D eigenvalue weighted by atomic mass is 16.7. The summed E-state index contributed by atoms with van der Waals surface area (Å²) in [4.78, 5) is 37.8. The van der Waals surface area contributed by atoms with Crippen LogP contribution in [0.15, 0.2) is 134 Å². The molecule has 592 valence electrons. The van der Waals surface area contributed by atoms with Gasteiger partial charge in [0.25, 0.3) is 6.29 Å². The first-order chi connectivity index (χ1) is 50.6. The lowest BCUT2D eigenvalue weighted by atomic mass is 10.0. The molecule has 0 aromatic heterocycles. The van der Waals surface area contributed by atoms with E-state index in [1.807, 2.05) is 21.1 Å². The normalized spacial score (nSPS) is 13.3. The van der Waals surface area contributed by atoms with Gasteiger partial charge in [-0.15, -0.1) is 0 Å². The van der Waals surface area contributed by atoms with Gasteiger partial charge in [-0.3, -0.25) is 9.59 Å². The minimum absolute atomic E-state index is 0.182. The molecule has 0 aliphatic rings. The summed E-state index contributed by atoms with van der Waals surface area (Å²) in [6.45, 7) is 4.79. The molecule has 0 radical (unpaired) electrons. The van der Waals surface area contributed by atoms with E-state index in [0.717, 1.165) is 103 Å². The fourth-order valence-corrected chi connectivity index (χ4v) is 12.3. The van der Waals surface area contributed by atoms with E-state index in [4.69, 9.17) is 18.9 Å². The molecule has 0 spiro atoms. The van der Waals surface area contributed by atoms with Crippen LogP contribution in [0.25, 0.3) is 0 Å². The SMILES string of the molecule is CC/C=C\C/C=C\C/C=C\C/C=C\C/C=C\C/C=C\C/C=C\C/C=C\CCCCCCCCCCCCCCCCCCC(=O)OC(COC(=O)CCCCCCCCCCCCCCCCCCCCCCCC/C=C\C/C=C\C/C=C\CCCCCCC)COC(OCC[N+](C)(C)C)C(=O)O. The van der Waals surface area contributed by atoms with Crippen molar-refractivity contribution in [2.75, 3.05) is 47.5 Å². The smallest absolute Gasteiger partial charge is 0.361 e.